The highest BCUT2D eigenvalue weighted by Gasteiger charge is 2.36. The zero-order valence-corrected chi connectivity index (χ0v) is 15.9. The highest BCUT2D eigenvalue weighted by molar-refractivity contribution is 5.79. The first-order valence-corrected chi connectivity index (χ1v) is 9.30. The van der Waals surface area contributed by atoms with Gasteiger partial charge in [-0.2, -0.15) is 0 Å². The van der Waals surface area contributed by atoms with Crippen molar-refractivity contribution in [1.29, 1.82) is 0 Å². The lowest BCUT2D eigenvalue weighted by molar-refractivity contribution is 0.0732. The Morgan fingerprint density at radius 2 is 1.88 bits per heavy atom. The van der Waals surface area contributed by atoms with Gasteiger partial charge in [-0.1, -0.05) is 30.7 Å². The average Bonchev–Trinajstić information content (AvgIpc) is 2.59. The first kappa shape index (κ1) is 19.7. The van der Waals surface area contributed by atoms with Gasteiger partial charge in [-0.25, -0.2) is 4.99 Å². The standard InChI is InChI=1S/C20H33N3O2/c1-4-21-19(23-16-20(10-7-11-20)12-13-24-2)22-14-17-8-5-6-9-18(17)15-25-3/h5-6,8-9H,4,7,10-16H2,1-3H3,(H2,21,22,23). The molecule has 1 aliphatic rings. The van der Waals surface area contributed by atoms with E-state index in [2.05, 4.69) is 35.8 Å². The SMILES string of the molecule is CCNC(=NCc1ccccc1COC)NCC1(CCOC)CCC1. The van der Waals surface area contributed by atoms with Crippen LogP contribution < -0.4 is 10.6 Å². The topological polar surface area (TPSA) is 54.9 Å². The van der Waals surface area contributed by atoms with E-state index >= 15 is 0 Å². The Morgan fingerprint density at radius 1 is 1.12 bits per heavy atom. The number of rotatable bonds is 10. The molecule has 1 aliphatic carbocycles. The Labute approximate surface area is 152 Å². The van der Waals surface area contributed by atoms with Crippen LogP contribution in [-0.4, -0.2) is 39.9 Å². The van der Waals surface area contributed by atoms with Gasteiger partial charge in [-0.15, -0.1) is 0 Å². The minimum Gasteiger partial charge on any atom is -0.385 e. The monoisotopic (exact) mass is 347 g/mol. The maximum absolute atomic E-state index is 5.28. The van der Waals surface area contributed by atoms with Crippen LogP contribution in [0.1, 0.15) is 43.7 Å². The van der Waals surface area contributed by atoms with Crippen molar-refractivity contribution in [2.24, 2.45) is 10.4 Å². The van der Waals surface area contributed by atoms with Crippen molar-refractivity contribution in [2.45, 2.75) is 45.8 Å². The van der Waals surface area contributed by atoms with E-state index in [0.717, 1.165) is 32.1 Å². The summed E-state index contributed by atoms with van der Waals surface area (Å²) >= 11 is 0. The van der Waals surface area contributed by atoms with Gasteiger partial charge in [-0.05, 0) is 42.7 Å². The van der Waals surface area contributed by atoms with E-state index in [4.69, 9.17) is 14.5 Å². The van der Waals surface area contributed by atoms with Crippen LogP contribution in [0, 0.1) is 5.41 Å². The minimum absolute atomic E-state index is 0.375. The predicted octanol–water partition coefficient (Wildman–Crippen LogP) is 3.09. The van der Waals surface area contributed by atoms with Crippen LogP contribution in [0.25, 0.3) is 0 Å². The third-order valence-electron chi connectivity index (χ3n) is 5.05. The van der Waals surface area contributed by atoms with Gasteiger partial charge in [0.1, 0.15) is 0 Å². The van der Waals surface area contributed by atoms with Crippen molar-refractivity contribution in [2.75, 3.05) is 33.9 Å². The lowest BCUT2D eigenvalue weighted by Crippen LogP contribution is -2.47. The van der Waals surface area contributed by atoms with E-state index in [0.29, 0.717) is 18.6 Å². The van der Waals surface area contributed by atoms with Crippen LogP contribution >= 0.6 is 0 Å². The van der Waals surface area contributed by atoms with Crippen LogP contribution in [0.4, 0.5) is 0 Å². The van der Waals surface area contributed by atoms with Crippen molar-refractivity contribution in [1.82, 2.24) is 10.6 Å². The largest absolute Gasteiger partial charge is 0.385 e. The molecule has 0 aliphatic heterocycles. The fraction of sp³-hybridized carbons (Fsp3) is 0.650. The number of nitrogens with zero attached hydrogens (tertiary/aromatic N) is 1. The summed E-state index contributed by atoms with van der Waals surface area (Å²) < 4.78 is 10.6. The van der Waals surface area contributed by atoms with Gasteiger partial charge in [0.05, 0.1) is 13.2 Å². The molecule has 5 nitrogen and oxygen atoms in total. The van der Waals surface area contributed by atoms with Crippen LogP contribution in [0.2, 0.25) is 0 Å². The van der Waals surface area contributed by atoms with Crippen molar-refractivity contribution < 1.29 is 9.47 Å². The van der Waals surface area contributed by atoms with Crippen molar-refractivity contribution in [3.63, 3.8) is 0 Å². The van der Waals surface area contributed by atoms with Crippen LogP contribution in [0.5, 0.6) is 0 Å². The Kier molecular flexibility index (Phi) is 8.22. The van der Waals surface area contributed by atoms with Gasteiger partial charge in [0.25, 0.3) is 0 Å². The van der Waals surface area contributed by atoms with E-state index in [9.17, 15) is 0 Å². The number of hydrogen-bond donors (Lipinski definition) is 2. The molecule has 0 spiro atoms. The Hall–Kier alpha value is -1.59. The van der Waals surface area contributed by atoms with E-state index in [1.54, 1.807) is 14.2 Å². The summed E-state index contributed by atoms with van der Waals surface area (Å²) in [6.45, 7) is 6.02. The highest BCUT2D eigenvalue weighted by atomic mass is 16.5. The second-order valence-electron chi connectivity index (χ2n) is 6.85. The molecule has 0 amide bonds. The number of ether oxygens (including phenoxy) is 2. The van der Waals surface area contributed by atoms with E-state index in [-0.39, 0.29) is 0 Å². The molecule has 5 heteroatoms. The maximum Gasteiger partial charge on any atom is 0.191 e. The third-order valence-corrected chi connectivity index (χ3v) is 5.05. The van der Waals surface area contributed by atoms with Gasteiger partial charge < -0.3 is 20.1 Å². The zero-order chi connectivity index (χ0) is 18.0. The normalized spacial score (nSPS) is 16.4. The second kappa shape index (κ2) is 10.4. The number of guanidine groups is 1. The molecule has 1 saturated carbocycles. The second-order valence-corrected chi connectivity index (χ2v) is 6.85. The fourth-order valence-electron chi connectivity index (χ4n) is 3.30. The first-order chi connectivity index (χ1) is 12.2. The maximum atomic E-state index is 5.28. The van der Waals surface area contributed by atoms with E-state index < -0.39 is 0 Å². The zero-order valence-electron chi connectivity index (χ0n) is 15.9. The Balaban J connectivity index is 1.96. The summed E-state index contributed by atoms with van der Waals surface area (Å²) in [5.74, 6) is 0.887. The summed E-state index contributed by atoms with van der Waals surface area (Å²) in [6.07, 6.45) is 4.99. The lowest BCUT2D eigenvalue weighted by atomic mass is 9.67. The molecule has 0 unspecified atom stereocenters. The number of benzene rings is 1. The third kappa shape index (κ3) is 6.01. The van der Waals surface area contributed by atoms with Gasteiger partial charge in [0, 0.05) is 33.9 Å². The summed E-state index contributed by atoms with van der Waals surface area (Å²) in [5, 5.41) is 6.90. The Morgan fingerprint density at radius 3 is 2.48 bits per heavy atom. The number of aliphatic imine (C=N–C) groups is 1. The molecular weight excluding hydrogens is 314 g/mol. The molecule has 1 aromatic carbocycles. The van der Waals surface area contributed by atoms with Crippen molar-refractivity contribution >= 4 is 5.96 Å². The number of hydrogen-bond acceptors (Lipinski definition) is 3. The van der Waals surface area contributed by atoms with Crippen molar-refractivity contribution in [3.8, 4) is 0 Å². The molecule has 140 valence electrons. The smallest absolute Gasteiger partial charge is 0.191 e. The summed E-state index contributed by atoms with van der Waals surface area (Å²) in [4.78, 5) is 4.78. The molecule has 2 rings (SSSR count). The van der Waals surface area contributed by atoms with Gasteiger partial charge in [0.2, 0.25) is 0 Å². The highest BCUT2D eigenvalue weighted by Crippen LogP contribution is 2.43. The van der Waals surface area contributed by atoms with Gasteiger partial charge in [0.15, 0.2) is 5.96 Å². The van der Waals surface area contributed by atoms with Crippen LogP contribution in [0.15, 0.2) is 29.3 Å². The molecule has 0 aromatic heterocycles. The van der Waals surface area contributed by atoms with E-state index in [1.165, 1.54) is 30.4 Å². The molecular formula is C20H33N3O2. The first-order valence-electron chi connectivity index (χ1n) is 9.30. The number of methoxy groups -OCH3 is 2. The Bertz CT molecular complexity index is 541. The quantitative estimate of drug-likeness (QED) is 0.504. The lowest BCUT2D eigenvalue weighted by Gasteiger charge is -2.42. The average molecular weight is 348 g/mol. The minimum atomic E-state index is 0.375. The molecule has 0 heterocycles. The van der Waals surface area contributed by atoms with Gasteiger partial charge >= 0.3 is 0 Å². The molecule has 2 N–H and O–H groups in total. The molecule has 0 atom stereocenters. The predicted molar refractivity (Wildman–Crippen MR) is 103 cm³/mol. The fourth-order valence-corrected chi connectivity index (χ4v) is 3.30. The molecule has 0 radical (unpaired) electrons. The van der Waals surface area contributed by atoms with E-state index in [1.807, 2.05) is 6.07 Å². The summed E-state index contributed by atoms with van der Waals surface area (Å²) in [5.41, 5.74) is 2.78. The van der Waals surface area contributed by atoms with Crippen LogP contribution in [0.3, 0.4) is 0 Å². The van der Waals surface area contributed by atoms with Gasteiger partial charge in [-0.3, -0.25) is 0 Å². The number of nitrogens with one attached hydrogen (secondary N) is 2. The summed E-state index contributed by atoms with van der Waals surface area (Å²) in [7, 11) is 3.51. The van der Waals surface area contributed by atoms with Crippen LogP contribution in [-0.2, 0) is 22.6 Å². The molecule has 0 saturated heterocycles. The molecule has 25 heavy (non-hydrogen) atoms. The van der Waals surface area contributed by atoms with Crippen molar-refractivity contribution in [3.05, 3.63) is 35.4 Å². The molecule has 1 fully saturated rings. The molecule has 1 aromatic rings. The molecule has 0 bridgehead atoms. The summed E-state index contributed by atoms with van der Waals surface area (Å²) in [6, 6.07) is 8.32.